The van der Waals surface area contributed by atoms with E-state index in [2.05, 4.69) is 36.2 Å². The van der Waals surface area contributed by atoms with E-state index in [-0.39, 0.29) is 5.54 Å². The van der Waals surface area contributed by atoms with E-state index >= 15 is 0 Å². The maximum atomic E-state index is 4.45. The summed E-state index contributed by atoms with van der Waals surface area (Å²) in [5.74, 6) is 0. The number of hydrogen-bond acceptors (Lipinski definition) is 1. The van der Waals surface area contributed by atoms with Crippen molar-refractivity contribution in [3.8, 4) is 0 Å². The lowest BCUT2D eigenvalue weighted by molar-refractivity contribution is 0.568. The van der Waals surface area contributed by atoms with Crippen molar-refractivity contribution in [2.45, 2.75) is 18.9 Å². The lowest BCUT2D eigenvalue weighted by Gasteiger charge is -2.29. The molecule has 0 aromatic carbocycles. The van der Waals surface area contributed by atoms with Crippen molar-refractivity contribution in [3.63, 3.8) is 0 Å². The zero-order valence-electron chi connectivity index (χ0n) is 6.62. The van der Waals surface area contributed by atoms with Crippen molar-refractivity contribution < 1.29 is 0 Å². The minimum atomic E-state index is 0.0312. The predicted octanol–water partition coefficient (Wildman–Crippen LogP) is 2.27. The topological polar surface area (TPSA) is 12.4 Å². The highest BCUT2D eigenvalue weighted by atomic mass is 14.8. The van der Waals surface area contributed by atoms with Gasteiger partial charge in [-0.25, -0.2) is 0 Å². The minimum Gasteiger partial charge on any atom is -0.282 e. The molecule has 0 aromatic rings. The van der Waals surface area contributed by atoms with Crippen LogP contribution in [0.5, 0.6) is 0 Å². The van der Waals surface area contributed by atoms with Gasteiger partial charge in [-0.1, -0.05) is 24.3 Å². The van der Waals surface area contributed by atoms with Crippen LogP contribution in [-0.2, 0) is 0 Å². The Labute approximate surface area is 66.8 Å². The van der Waals surface area contributed by atoms with Gasteiger partial charge in [0.05, 0.1) is 5.54 Å². The number of aliphatic imine (C=N–C) groups is 1. The average Bonchev–Trinajstić information content (AvgIpc) is 2.03. The van der Waals surface area contributed by atoms with Gasteiger partial charge < -0.3 is 0 Å². The fourth-order valence-electron chi connectivity index (χ4n) is 1.48. The Morgan fingerprint density at radius 2 is 2.36 bits per heavy atom. The summed E-state index contributed by atoms with van der Waals surface area (Å²) in [6.07, 6.45) is 13.4. The molecule has 0 spiro atoms. The molecule has 0 bridgehead atoms. The number of rotatable bonds is 0. The highest BCUT2D eigenvalue weighted by Crippen LogP contribution is 2.31. The van der Waals surface area contributed by atoms with Crippen molar-refractivity contribution >= 4 is 6.21 Å². The molecule has 0 aromatic heterocycles. The van der Waals surface area contributed by atoms with Gasteiger partial charge >= 0.3 is 0 Å². The molecule has 1 heterocycles. The molecule has 0 fully saturated rings. The highest BCUT2D eigenvalue weighted by Gasteiger charge is 2.27. The Hall–Kier alpha value is -1.11. The predicted molar refractivity (Wildman–Crippen MR) is 47.9 cm³/mol. The maximum Gasteiger partial charge on any atom is 0.0862 e. The van der Waals surface area contributed by atoms with E-state index in [4.69, 9.17) is 0 Å². The number of dihydropyridines is 1. The van der Waals surface area contributed by atoms with Gasteiger partial charge in [0, 0.05) is 6.21 Å². The standard InChI is InChI=1S/C10H11N/c1-10-7-3-2-5-9(10)6-4-8-11-10/h2-6,8H,7H2,1H3. The Balaban J connectivity index is 2.45. The zero-order chi connectivity index (χ0) is 7.73. The van der Waals surface area contributed by atoms with Gasteiger partial charge in [0.15, 0.2) is 0 Å². The van der Waals surface area contributed by atoms with Gasteiger partial charge in [-0.2, -0.15) is 0 Å². The van der Waals surface area contributed by atoms with Crippen LogP contribution in [-0.4, -0.2) is 11.8 Å². The van der Waals surface area contributed by atoms with E-state index in [9.17, 15) is 0 Å². The van der Waals surface area contributed by atoms with Crippen LogP contribution in [0, 0.1) is 0 Å². The van der Waals surface area contributed by atoms with Crippen molar-refractivity contribution in [1.82, 2.24) is 0 Å². The van der Waals surface area contributed by atoms with Gasteiger partial charge in [0.2, 0.25) is 0 Å². The van der Waals surface area contributed by atoms with Crippen LogP contribution in [0.4, 0.5) is 0 Å². The van der Waals surface area contributed by atoms with Gasteiger partial charge in [0.1, 0.15) is 0 Å². The van der Waals surface area contributed by atoms with Crippen LogP contribution in [0.2, 0.25) is 0 Å². The summed E-state index contributed by atoms with van der Waals surface area (Å²) in [6, 6.07) is 0. The summed E-state index contributed by atoms with van der Waals surface area (Å²) in [4.78, 5) is 4.45. The van der Waals surface area contributed by atoms with Gasteiger partial charge in [0.25, 0.3) is 0 Å². The van der Waals surface area contributed by atoms with Gasteiger partial charge in [-0.15, -0.1) is 0 Å². The van der Waals surface area contributed by atoms with Gasteiger partial charge in [-0.3, -0.25) is 4.99 Å². The first-order valence-electron chi connectivity index (χ1n) is 3.90. The molecule has 0 saturated heterocycles. The van der Waals surface area contributed by atoms with Crippen LogP contribution < -0.4 is 0 Å². The largest absolute Gasteiger partial charge is 0.282 e. The third-order valence-electron chi connectivity index (χ3n) is 2.27. The first-order chi connectivity index (χ1) is 5.31. The molecular formula is C10H11N. The summed E-state index contributed by atoms with van der Waals surface area (Å²) in [5.41, 5.74) is 1.35. The summed E-state index contributed by atoms with van der Waals surface area (Å²) in [5, 5.41) is 0. The first kappa shape index (κ1) is 6.59. The molecule has 1 heteroatoms. The number of hydrogen-bond donors (Lipinski definition) is 0. The van der Waals surface area contributed by atoms with E-state index in [1.165, 1.54) is 5.57 Å². The number of fused-ring (bicyclic) bond motifs is 1. The highest BCUT2D eigenvalue weighted by molar-refractivity contribution is 5.75. The Bertz CT molecular complexity index is 281. The fourth-order valence-corrected chi connectivity index (χ4v) is 1.48. The molecule has 2 rings (SSSR count). The summed E-state index contributed by atoms with van der Waals surface area (Å²) in [6.45, 7) is 2.17. The Kier molecular flexibility index (Phi) is 1.31. The van der Waals surface area contributed by atoms with E-state index in [0.717, 1.165) is 6.42 Å². The minimum absolute atomic E-state index is 0.0312. The average molecular weight is 145 g/mol. The Morgan fingerprint density at radius 1 is 1.45 bits per heavy atom. The second-order valence-electron chi connectivity index (χ2n) is 3.17. The second-order valence-corrected chi connectivity index (χ2v) is 3.17. The smallest absolute Gasteiger partial charge is 0.0862 e. The van der Waals surface area contributed by atoms with Crippen molar-refractivity contribution in [2.24, 2.45) is 4.99 Å². The summed E-state index contributed by atoms with van der Waals surface area (Å²) in [7, 11) is 0. The maximum absolute atomic E-state index is 4.45. The normalized spacial score (nSPS) is 33.4. The monoisotopic (exact) mass is 145 g/mol. The van der Waals surface area contributed by atoms with Crippen molar-refractivity contribution in [1.29, 1.82) is 0 Å². The molecule has 0 radical (unpaired) electrons. The van der Waals surface area contributed by atoms with E-state index in [0.29, 0.717) is 0 Å². The number of allylic oxidation sites excluding steroid dienone is 3. The number of nitrogens with zero attached hydrogens (tertiary/aromatic N) is 1. The van der Waals surface area contributed by atoms with Crippen molar-refractivity contribution in [3.05, 3.63) is 36.0 Å². The van der Waals surface area contributed by atoms with Crippen molar-refractivity contribution in [2.75, 3.05) is 0 Å². The van der Waals surface area contributed by atoms with Crippen LogP contribution in [0.3, 0.4) is 0 Å². The SMILES string of the molecule is CC12CC=CC=C1C=CC=N2. The summed E-state index contributed by atoms with van der Waals surface area (Å²) < 4.78 is 0. The molecule has 0 saturated carbocycles. The molecule has 11 heavy (non-hydrogen) atoms. The molecular weight excluding hydrogens is 134 g/mol. The Morgan fingerprint density at radius 3 is 3.18 bits per heavy atom. The molecule has 1 nitrogen and oxygen atoms in total. The molecule has 56 valence electrons. The summed E-state index contributed by atoms with van der Waals surface area (Å²) >= 11 is 0. The fraction of sp³-hybridized carbons (Fsp3) is 0.300. The molecule has 1 aliphatic heterocycles. The van der Waals surface area contributed by atoms with Gasteiger partial charge in [-0.05, 0) is 25.0 Å². The second kappa shape index (κ2) is 2.19. The lowest BCUT2D eigenvalue weighted by Crippen LogP contribution is -2.26. The molecule has 2 aliphatic rings. The van der Waals surface area contributed by atoms with E-state index in [1.54, 1.807) is 0 Å². The van der Waals surface area contributed by atoms with Crippen LogP contribution >= 0.6 is 0 Å². The molecule has 1 aliphatic carbocycles. The molecule has 1 atom stereocenters. The molecule has 1 unspecified atom stereocenters. The quantitative estimate of drug-likeness (QED) is 0.496. The van der Waals surface area contributed by atoms with Crippen LogP contribution in [0.25, 0.3) is 0 Å². The first-order valence-corrected chi connectivity index (χ1v) is 3.90. The third-order valence-corrected chi connectivity index (χ3v) is 2.27. The zero-order valence-corrected chi connectivity index (χ0v) is 6.62. The van der Waals surface area contributed by atoms with E-state index < -0.39 is 0 Å². The van der Waals surface area contributed by atoms with E-state index in [1.807, 2.05) is 12.3 Å². The lowest BCUT2D eigenvalue weighted by atomic mass is 9.84. The van der Waals surface area contributed by atoms with Crippen LogP contribution in [0.15, 0.2) is 40.9 Å². The molecule has 0 N–H and O–H groups in total. The van der Waals surface area contributed by atoms with Crippen LogP contribution in [0.1, 0.15) is 13.3 Å². The third kappa shape index (κ3) is 0.967. The molecule has 0 amide bonds.